The number of benzene rings is 2. The van der Waals surface area contributed by atoms with Crippen molar-refractivity contribution >= 4 is 11.4 Å². The van der Waals surface area contributed by atoms with Gasteiger partial charge < -0.3 is 15.4 Å². The predicted octanol–water partition coefficient (Wildman–Crippen LogP) is 3.23. The van der Waals surface area contributed by atoms with Crippen LogP contribution in [0.2, 0.25) is 0 Å². The van der Waals surface area contributed by atoms with Crippen LogP contribution >= 0.6 is 0 Å². The summed E-state index contributed by atoms with van der Waals surface area (Å²) in [5.41, 5.74) is 10.7. The minimum Gasteiger partial charge on any atom is -0.497 e. The summed E-state index contributed by atoms with van der Waals surface area (Å²) in [7, 11) is 1.69. The quantitative estimate of drug-likeness (QED) is 0.869. The van der Waals surface area contributed by atoms with Crippen molar-refractivity contribution in [3.05, 3.63) is 53.6 Å². The summed E-state index contributed by atoms with van der Waals surface area (Å²) >= 11 is 0. The molecule has 3 rings (SSSR count). The molecule has 2 aromatic rings. The second-order valence-corrected chi connectivity index (χ2v) is 5.42. The van der Waals surface area contributed by atoms with Crippen molar-refractivity contribution in [2.24, 2.45) is 0 Å². The van der Waals surface area contributed by atoms with Gasteiger partial charge in [0.15, 0.2) is 0 Å². The van der Waals surface area contributed by atoms with E-state index >= 15 is 0 Å². The van der Waals surface area contributed by atoms with Crippen molar-refractivity contribution in [1.29, 1.82) is 0 Å². The van der Waals surface area contributed by atoms with Gasteiger partial charge in [-0.2, -0.15) is 0 Å². The Balaban J connectivity index is 1.84. The van der Waals surface area contributed by atoms with Gasteiger partial charge >= 0.3 is 0 Å². The van der Waals surface area contributed by atoms with E-state index in [1.54, 1.807) is 7.11 Å². The van der Waals surface area contributed by atoms with Crippen LogP contribution in [0.4, 0.5) is 11.4 Å². The lowest BCUT2D eigenvalue weighted by Gasteiger charge is -2.25. The normalized spacial score (nSPS) is 17.1. The zero-order valence-corrected chi connectivity index (χ0v) is 12.0. The van der Waals surface area contributed by atoms with Gasteiger partial charge in [0.25, 0.3) is 0 Å². The molecule has 0 bridgehead atoms. The van der Waals surface area contributed by atoms with E-state index < -0.39 is 0 Å². The molecule has 1 heterocycles. The highest BCUT2D eigenvalue weighted by molar-refractivity contribution is 5.64. The number of hydrogen-bond acceptors (Lipinski definition) is 3. The highest BCUT2D eigenvalue weighted by Crippen LogP contribution is 2.34. The molecule has 3 heteroatoms. The second-order valence-electron chi connectivity index (χ2n) is 5.42. The molecule has 1 aliphatic rings. The fraction of sp³-hybridized carbons (Fsp3) is 0.294. The third-order valence-electron chi connectivity index (χ3n) is 3.97. The molecule has 104 valence electrons. The van der Waals surface area contributed by atoms with Gasteiger partial charge in [0.1, 0.15) is 5.75 Å². The summed E-state index contributed by atoms with van der Waals surface area (Å²) in [6, 6.07) is 15.0. The lowest BCUT2D eigenvalue weighted by Crippen LogP contribution is -2.28. The van der Waals surface area contributed by atoms with Crippen LogP contribution in [0.25, 0.3) is 0 Å². The van der Waals surface area contributed by atoms with E-state index in [-0.39, 0.29) is 0 Å². The smallest absolute Gasteiger partial charge is 0.118 e. The molecule has 0 saturated carbocycles. The zero-order valence-electron chi connectivity index (χ0n) is 12.0. The van der Waals surface area contributed by atoms with Gasteiger partial charge in [0.2, 0.25) is 0 Å². The summed E-state index contributed by atoms with van der Waals surface area (Å²) in [4.78, 5) is 2.44. The number of hydrogen-bond donors (Lipinski definition) is 1. The van der Waals surface area contributed by atoms with E-state index in [0.717, 1.165) is 24.4 Å². The first-order valence-electron chi connectivity index (χ1n) is 6.95. The van der Waals surface area contributed by atoms with Crippen LogP contribution in [0.3, 0.4) is 0 Å². The van der Waals surface area contributed by atoms with Crippen molar-refractivity contribution < 1.29 is 4.74 Å². The number of methoxy groups -OCH3 is 1. The standard InChI is InChI=1S/C17H20N2O/c1-12-9-14-10-15(18)5-8-17(14)19(12)11-13-3-6-16(20-2)7-4-13/h3-8,10,12H,9,11,18H2,1-2H3. The lowest BCUT2D eigenvalue weighted by molar-refractivity contribution is 0.414. The molecule has 0 aromatic heterocycles. The molecule has 0 spiro atoms. The molecule has 0 amide bonds. The number of fused-ring (bicyclic) bond motifs is 1. The molecule has 0 aliphatic carbocycles. The van der Waals surface area contributed by atoms with Gasteiger partial charge in [0, 0.05) is 24.0 Å². The van der Waals surface area contributed by atoms with Crippen molar-refractivity contribution in [2.75, 3.05) is 17.7 Å². The third kappa shape index (κ3) is 2.31. The Morgan fingerprint density at radius 2 is 1.95 bits per heavy atom. The van der Waals surface area contributed by atoms with E-state index in [4.69, 9.17) is 10.5 Å². The minimum absolute atomic E-state index is 0.508. The first-order valence-corrected chi connectivity index (χ1v) is 6.95. The maximum Gasteiger partial charge on any atom is 0.118 e. The Bertz CT molecular complexity index is 607. The average Bonchev–Trinajstić information content (AvgIpc) is 2.75. The van der Waals surface area contributed by atoms with Crippen LogP contribution < -0.4 is 15.4 Å². The minimum atomic E-state index is 0.508. The first kappa shape index (κ1) is 12.9. The largest absolute Gasteiger partial charge is 0.497 e. The number of nitrogens with zero attached hydrogens (tertiary/aromatic N) is 1. The summed E-state index contributed by atoms with van der Waals surface area (Å²) in [6.07, 6.45) is 1.07. The fourth-order valence-corrected chi connectivity index (χ4v) is 2.88. The molecule has 1 unspecified atom stereocenters. The molecular weight excluding hydrogens is 248 g/mol. The van der Waals surface area contributed by atoms with Gasteiger partial charge in [-0.1, -0.05) is 12.1 Å². The van der Waals surface area contributed by atoms with E-state index in [2.05, 4.69) is 36.1 Å². The van der Waals surface area contributed by atoms with Crippen LogP contribution in [0.5, 0.6) is 5.75 Å². The molecule has 20 heavy (non-hydrogen) atoms. The molecule has 3 nitrogen and oxygen atoms in total. The fourth-order valence-electron chi connectivity index (χ4n) is 2.88. The Hall–Kier alpha value is -2.16. The number of nitrogen functional groups attached to an aromatic ring is 1. The van der Waals surface area contributed by atoms with Gasteiger partial charge in [-0.3, -0.25) is 0 Å². The Morgan fingerprint density at radius 1 is 1.20 bits per heavy atom. The second kappa shape index (κ2) is 5.08. The molecule has 0 radical (unpaired) electrons. The van der Waals surface area contributed by atoms with E-state index in [9.17, 15) is 0 Å². The number of anilines is 2. The molecule has 2 aromatic carbocycles. The number of rotatable bonds is 3. The van der Waals surface area contributed by atoms with Crippen LogP contribution in [0.15, 0.2) is 42.5 Å². The van der Waals surface area contributed by atoms with Crippen LogP contribution in [0, 0.1) is 0 Å². The predicted molar refractivity (Wildman–Crippen MR) is 83.2 cm³/mol. The van der Waals surface area contributed by atoms with Crippen molar-refractivity contribution in [1.82, 2.24) is 0 Å². The topological polar surface area (TPSA) is 38.5 Å². The summed E-state index contributed by atoms with van der Waals surface area (Å²) < 4.78 is 5.20. The van der Waals surface area contributed by atoms with Gasteiger partial charge in [-0.25, -0.2) is 0 Å². The maximum atomic E-state index is 5.87. The van der Waals surface area contributed by atoms with Crippen molar-refractivity contribution in [2.45, 2.75) is 25.9 Å². The number of ether oxygens (including phenoxy) is 1. The highest BCUT2D eigenvalue weighted by atomic mass is 16.5. The Labute approximate surface area is 120 Å². The molecule has 0 fully saturated rings. The summed E-state index contributed by atoms with van der Waals surface area (Å²) in [5, 5.41) is 0. The molecule has 1 atom stereocenters. The van der Waals surface area contributed by atoms with Gasteiger partial charge in [0.05, 0.1) is 7.11 Å². The molecule has 0 saturated heterocycles. The zero-order chi connectivity index (χ0) is 14.1. The molecular formula is C17H20N2O. The Kier molecular flexibility index (Phi) is 3.26. The third-order valence-corrected chi connectivity index (χ3v) is 3.97. The Morgan fingerprint density at radius 3 is 2.65 bits per heavy atom. The van der Waals surface area contributed by atoms with Gasteiger partial charge in [-0.05, 0) is 54.8 Å². The SMILES string of the molecule is COc1ccc(CN2c3ccc(N)cc3CC2C)cc1. The van der Waals surface area contributed by atoms with Crippen molar-refractivity contribution in [3.8, 4) is 5.75 Å². The molecule has 2 N–H and O–H groups in total. The van der Waals surface area contributed by atoms with E-state index in [1.165, 1.54) is 16.8 Å². The molecule has 1 aliphatic heterocycles. The van der Waals surface area contributed by atoms with Crippen LogP contribution in [-0.4, -0.2) is 13.2 Å². The first-order chi connectivity index (χ1) is 9.67. The highest BCUT2D eigenvalue weighted by Gasteiger charge is 2.25. The monoisotopic (exact) mass is 268 g/mol. The maximum absolute atomic E-state index is 5.87. The van der Waals surface area contributed by atoms with Crippen LogP contribution in [-0.2, 0) is 13.0 Å². The van der Waals surface area contributed by atoms with E-state index in [1.807, 2.05) is 18.2 Å². The van der Waals surface area contributed by atoms with Gasteiger partial charge in [-0.15, -0.1) is 0 Å². The summed E-state index contributed by atoms with van der Waals surface area (Å²) in [6.45, 7) is 3.18. The number of nitrogens with two attached hydrogens (primary N) is 1. The average molecular weight is 268 g/mol. The lowest BCUT2D eigenvalue weighted by atomic mass is 10.1. The van der Waals surface area contributed by atoms with E-state index in [0.29, 0.717) is 6.04 Å². The van der Waals surface area contributed by atoms with Crippen molar-refractivity contribution in [3.63, 3.8) is 0 Å². The summed E-state index contributed by atoms with van der Waals surface area (Å²) in [5.74, 6) is 0.899. The van der Waals surface area contributed by atoms with Crippen LogP contribution in [0.1, 0.15) is 18.1 Å².